The largest absolute Gasteiger partial charge is 0.314 e. The van der Waals surface area contributed by atoms with Gasteiger partial charge in [0, 0.05) is 16.1 Å². The van der Waals surface area contributed by atoms with Gasteiger partial charge in [-0.3, -0.25) is 0 Å². The van der Waals surface area contributed by atoms with Crippen LogP contribution in [0, 0.1) is 5.92 Å². The van der Waals surface area contributed by atoms with E-state index in [2.05, 4.69) is 26.1 Å². The van der Waals surface area contributed by atoms with Crippen LogP contribution in [0.3, 0.4) is 0 Å². The number of halogens is 2. The molecule has 96 valence electrons. The lowest BCUT2D eigenvalue weighted by atomic mass is 9.95. The summed E-state index contributed by atoms with van der Waals surface area (Å²) in [6, 6.07) is 6.17. The van der Waals surface area contributed by atoms with Crippen LogP contribution in [0.1, 0.15) is 32.8 Å². The molecule has 0 fully saturated rings. The lowest BCUT2D eigenvalue weighted by Gasteiger charge is -2.22. The van der Waals surface area contributed by atoms with Crippen molar-refractivity contribution in [2.45, 2.75) is 39.7 Å². The molecule has 0 saturated heterocycles. The second kappa shape index (κ2) is 7.25. The Morgan fingerprint density at radius 3 is 2.29 bits per heavy atom. The molecular weight excluding hydrogens is 253 g/mol. The SMILES string of the molecule is CCCNC(C)C(C)Cc1c(Cl)cccc1Cl. The van der Waals surface area contributed by atoms with Gasteiger partial charge < -0.3 is 5.32 Å². The smallest absolute Gasteiger partial charge is 0.0452 e. The van der Waals surface area contributed by atoms with E-state index in [1.165, 1.54) is 0 Å². The van der Waals surface area contributed by atoms with E-state index in [1.54, 1.807) is 0 Å². The summed E-state index contributed by atoms with van der Waals surface area (Å²) in [7, 11) is 0. The summed E-state index contributed by atoms with van der Waals surface area (Å²) in [6.07, 6.45) is 2.07. The molecule has 0 radical (unpaired) electrons. The third kappa shape index (κ3) is 4.50. The van der Waals surface area contributed by atoms with Gasteiger partial charge >= 0.3 is 0 Å². The van der Waals surface area contributed by atoms with Gasteiger partial charge in [-0.2, -0.15) is 0 Å². The minimum atomic E-state index is 0.474. The Balaban J connectivity index is 2.64. The van der Waals surface area contributed by atoms with Gasteiger partial charge in [-0.15, -0.1) is 0 Å². The summed E-state index contributed by atoms with van der Waals surface area (Å²) < 4.78 is 0. The van der Waals surface area contributed by atoms with E-state index >= 15 is 0 Å². The first-order valence-electron chi connectivity index (χ1n) is 6.22. The van der Waals surface area contributed by atoms with Gasteiger partial charge in [0.2, 0.25) is 0 Å². The Labute approximate surface area is 115 Å². The van der Waals surface area contributed by atoms with Crippen molar-refractivity contribution >= 4 is 23.2 Å². The van der Waals surface area contributed by atoms with Gasteiger partial charge in [0.25, 0.3) is 0 Å². The standard InChI is InChI=1S/C14H21Cl2N/c1-4-8-17-11(3)10(2)9-12-13(15)6-5-7-14(12)16/h5-7,10-11,17H,4,8-9H2,1-3H3. The summed E-state index contributed by atoms with van der Waals surface area (Å²) >= 11 is 12.4. The maximum absolute atomic E-state index is 6.18. The van der Waals surface area contributed by atoms with Crippen LogP contribution in [0.2, 0.25) is 10.0 Å². The van der Waals surface area contributed by atoms with Crippen LogP contribution in [0.5, 0.6) is 0 Å². The molecule has 1 rings (SSSR count). The summed E-state index contributed by atoms with van der Waals surface area (Å²) in [4.78, 5) is 0. The molecule has 1 N–H and O–H groups in total. The molecule has 0 heterocycles. The molecule has 0 saturated carbocycles. The van der Waals surface area contributed by atoms with Gasteiger partial charge in [0.05, 0.1) is 0 Å². The van der Waals surface area contributed by atoms with Crippen molar-refractivity contribution in [2.75, 3.05) is 6.54 Å². The van der Waals surface area contributed by atoms with Crippen LogP contribution >= 0.6 is 23.2 Å². The summed E-state index contributed by atoms with van der Waals surface area (Å²) in [5.74, 6) is 0.513. The zero-order valence-electron chi connectivity index (χ0n) is 10.8. The predicted molar refractivity (Wildman–Crippen MR) is 77.1 cm³/mol. The Kier molecular flexibility index (Phi) is 6.32. The van der Waals surface area contributed by atoms with E-state index < -0.39 is 0 Å². The summed E-state index contributed by atoms with van der Waals surface area (Å²) in [6.45, 7) is 7.68. The monoisotopic (exact) mass is 273 g/mol. The zero-order chi connectivity index (χ0) is 12.8. The van der Waals surface area contributed by atoms with Gasteiger partial charge in [-0.05, 0) is 49.9 Å². The van der Waals surface area contributed by atoms with Crippen molar-refractivity contribution < 1.29 is 0 Å². The first kappa shape index (κ1) is 14.8. The highest BCUT2D eigenvalue weighted by Crippen LogP contribution is 2.27. The Morgan fingerprint density at radius 1 is 1.18 bits per heavy atom. The molecule has 0 bridgehead atoms. The first-order chi connectivity index (χ1) is 8.06. The van der Waals surface area contributed by atoms with E-state index in [4.69, 9.17) is 23.2 Å². The molecule has 0 aliphatic carbocycles. The van der Waals surface area contributed by atoms with Crippen molar-refractivity contribution in [1.29, 1.82) is 0 Å². The van der Waals surface area contributed by atoms with Gasteiger partial charge in [0.15, 0.2) is 0 Å². The van der Waals surface area contributed by atoms with Gasteiger partial charge in [-0.25, -0.2) is 0 Å². The molecule has 1 nitrogen and oxygen atoms in total. The van der Waals surface area contributed by atoms with Crippen molar-refractivity contribution in [1.82, 2.24) is 5.32 Å². The van der Waals surface area contributed by atoms with Gasteiger partial charge in [0.1, 0.15) is 0 Å². The molecular formula is C14H21Cl2N. The van der Waals surface area contributed by atoms with E-state index in [1.807, 2.05) is 18.2 Å². The highest BCUT2D eigenvalue weighted by Gasteiger charge is 2.15. The maximum Gasteiger partial charge on any atom is 0.0452 e. The van der Waals surface area contributed by atoms with Crippen molar-refractivity contribution in [3.63, 3.8) is 0 Å². The minimum Gasteiger partial charge on any atom is -0.314 e. The average molecular weight is 274 g/mol. The summed E-state index contributed by atoms with van der Waals surface area (Å²) in [5.41, 5.74) is 1.06. The van der Waals surface area contributed by atoms with E-state index in [9.17, 15) is 0 Å². The Bertz CT molecular complexity index is 332. The first-order valence-corrected chi connectivity index (χ1v) is 6.98. The normalized spacial score (nSPS) is 14.6. The van der Waals surface area contributed by atoms with Crippen molar-refractivity contribution in [3.8, 4) is 0 Å². The van der Waals surface area contributed by atoms with Crippen LogP contribution in [-0.2, 0) is 6.42 Å². The lowest BCUT2D eigenvalue weighted by molar-refractivity contribution is 0.399. The molecule has 0 aromatic heterocycles. The van der Waals surface area contributed by atoms with Crippen LogP contribution in [0.25, 0.3) is 0 Å². The molecule has 3 heteroatoms. The second-order valence-electron chi connectivity index (χ2n) is 4.62. The molecule has 2 unspecified atom stereocenters. The molecule has 1 aromatic carbocycles. The number of hydrogen-bond donors (Lipinski definition) is 1. The third-order valence-corrected chi connectivity index (χ3v) is 3.87. The fraction of sp³-hybridized carbons (Fsp3) is 0.571. The number of benzene rings is 1. The highest BCUT2D eigenvalue weighted by atomic mass is 35.5. The van der Waals surface area contributed by atoms with E-state index in [0.717, 1.165) is 35.0 Å². The van der Waals surface area contributed by atoms with Crippen molar-refractivity contribution in [3.05, 3.63) is 33.8 Å². The Hall–Kier alpha value is -0.240. The van der Waals surface area contributed by atoms with Gasteiger partial charge in [-0.1, -0.05) is 43.1 Å². The fourth-order valence-corrected chi connectivity index (χ4v) is 2.35. The quantitative estimate of drug-likeness (QED) is 0.801. The van der Waals surface area contributed by atoms with E-state index in [0.29, 0.717) is 12.0 Å². The zero-order valence-corrected chi connectivity index (χ0v) is 12.3. The third-order valence-electron chi connectivity index (χ3n) is 3.16. The van der Waals surface area contributed by atoms with E-state index in [-0.39, 0.29) is 0 Å². The number of hydrogen-bond acceptors (Lipinski definition) is 1. The number of rotatable bonds is 6. The molecule has 0 aliphatic rings. The Morgan fingerprint density at radius 2 is 1.76 bits per heavy atom. The van der Waals surface area contributed by atoms with Crippen molar-refractivity contribution in [2.24, 2.45) is 5.92 Å². The molecule has 0 aliphatic heterocycles. The summed E-state index contributed by atoms with van der Waals surface area (Å²) in [5, 5.41) is 5.05. The van der Waals surface area contributed by atoms with Crippen LogP contribution in [0.4, 0.5) is 0 Å². The molecule has 1 aromatic rings. The van der Waals surface area contributed by atoms with Crippen LogP contribution in [0.15, 0.2) is 18.2 Å². The minimum absolute atomic E-state index is 0.474. The molecule has 0 amide bonds. The fourth-order valence-electron chi connectivity index (χ4n) is 1.80. The topological polar surface area (TPSA) is 12.0 Å². The van der Waals surface area contributed by atoms with Crippen LogP contribution in [-0.4, -0.2) is 12.6 Å². The molecule has 2 atom stereocenters. The predicted octanol–water partition coefficient (Wildman–Crippen LogP) is 4.56. The molecule has 17 heavy (non-hydrogen) atoms. The molecule has 0 spiro atoms. The van der Waals surface area contributed by atoms with Crippen LogP contribution < -0.4 is 5.32 Å². The lowest BCUT2D eigenvalue weighted by Crippen LogP contribution is -2.33. The maximum atomic E-state index is 6.18. The second-order valence-corrected chi connectivity index (χ2v) is 5.44. The average Bonchev–Trinajstić information content (AvgIpc) is 2.30. The number of nitrogens with one attached hydrogen (secondary N) is 1. The highest BCUT2D eigenvalue weighted by molar-refractivity contribution is 6.35.